The van der Waals surface area contributed by atoms with E-state index < -0.39 is 0 Å². The van der Waals surface area contributed by atoms with Crippen molar-refractivity contribution in [2.45, 2.75) is 89.9 Å². The Balaban J connectivity index is 1.23. The minimum atomic E-state index is -0.336. The van der Waals surface area contributed by atoms with Gasteiger partial charge < -0.3 is 29.7 Å². The standard InChI is InChI=1S/C32H41N9O4/c1-5-20-27(39-11-12-40(22-8-7-21(22)39)31(45)26-28(43)18(2)34-17-35-26)29(44)25-30(33-15-23(37-25)38(3)4)41(20)16-24(42)36-19-13-32(14-19)9-6-10-32/h15,17,19,21-22,43H,5-14,16H2,1-4H3,(H,36,42)/t21-,22-/m0/s1. The van der Waals surface area contributed by atoms with Crippen LogP contribution in [0.2, 0.25) is 0 Å². The molecule has 238 valence electrons. The number of piperazine rings is 1. The molecule has 3 aliphatic carbocycles. The summed E-state index contributed by atoms with van der Waals surface area (Å²) in [5.74, 6) is -0.0697. The summed E-state index contributed by atoms with van der Waals surface area (Å²) in [6.45, 7) is 4.45. The molecule has 2 amide bonds. The molecule has 1 saturated heterocycles. The Morgan fingerprint density at radius 1 is 1.11 bits per heavy atom. The van der Waals surface area contributed by atoms with Crippen molar-refractivity contribution >= 4 is 34.5 Å². The predicted molar refractivity (Wildman–Crippen MR) is 169 cm³/mol. The van der Waals surface area contributed by atoms with Gasteiger partial charge in [-0.1, -0.05) is 13.3 Å². The van der Waals surface area contributed by atoms with Gasteiger partial charge in [-0.15, -0.1) is 0 Å². The number of fused-ring (bicyclic) bond motifs is 2. The first kappa shape index (κ1) is 29.4. The number of hydrogen-bond acceptors (Lipinski definition) is 10. The first-order valence-electron chi connectivity index (χ1n) is 16.1. The van der Waals surface area contributed by atoms with Crippen LogP contribution < -0.4 is 20.5 Å². The largest absolute Gasteiger partial charge is 0.504 e. The van der Waals surface area contributed by atoms with Gasteiger partial charge >= 0.3 is 0 Å². The first-order chi connectivity index (χ1) is 21.6. The number of aromatic nitrogens is 5. The monoisotopic (exact) mass is 615 g/mol. The van der Waals surface area contributed by atoms with Gasteiger partial charge in [-0.25, -0.2) is 19.9 Å². The molecule has 3 saturated carbocycles. The Morgan fingerprint density at radius 2 is 1.87 bits per heavy atom. The second-order valence-electron chi connectivity index (χ2n) is 13.4. The fourth-order valence-electron chi connectivity index (χ4n) is 7.88. The molecule has 13 nitrogen and oxygen atoms in total. The summed E-state index contributed by atoms with van der Waals surface area (Å²) in [6.07, 6.45) is 10.9. The van der Waals surface area contributed by atoms with E-state index in [1.807, 2.05) is 25.6 Å². The number of nitrogens with one attached hydrogen (secondary N) is 1. The zero-order valence-corrected chi connectivity index (χ0v) is 26.4. The van der Waals surface area contributed by atoms with Gasteiger partial charge in [-0.05, 0) is 57.3 Å². The molecule has 3 aromatic rings. The van der Waals surface area contributed by atoms with Gasteiger partial charge in [0.25, 0.3) is 5.91 Å². The van der Waals surface area contributed by atoms with Crippen LogP contribution >= 0.6 is 0 Å². The highest BCUT2D eigenvalue weighted by atomic mass is 16.3. The van der Waals surface area contributed by atoms with Crippen molar-refractivity contribution in [1.29, 1.82) is 0 Å². The van der Waals surface area contributed by atoms with Crippen LogP contribution in [0.1, 0.15) is 73.7 Å². The summed E-state index contributed by atoms with van der Waals surface area (Å²) in [6, 6.07) is -0.0443. The summed E-state index contributed by atoms with van der Waals surface area (Å²) >= 11 is 0. The van der Waals surface area contributed by atoms with Crippen LogP contribution in [-0.2, 0) is 17.8 Å². The highest BCUT2D eigenvalue weighted by Crippen LogP contribution is 2.55. The maximum absolute atomic E-state index is 14.4. The lowest BCUT2D eigenvalue weighted by atomic mass is 9.54. The van der Waals surface area contributed by atoms with Gasteiger partial charge in [-0.2, -0.15) is 0 Å². The molecule has 4 fully saturated rings. The van der Waals surface area contributed by atoms with Crippen LogP contribution in [0, 0.1) is 12.3 Å². The lowest BCUT2D eigenvalue weighted by molar-refractivity contribution is -0.125. The highest BCUT2D eigenvalue weighted by molar-refractivity contribution is 5.95. The van der Waals surface area contributed by atoms with Gasteiger partial charge in [0, 0.05) is 45.0 Å². The van der Waals surface area contributed by atoms with Gasteiger partial charge in [0.1, 0.15) is 24.4 Å². The fourth-order valence-corrected chi connectivity index (χ4v) is 7.88. The van der Waals surface area contributed by atoms with Gasteiger partial charge in [-0.3, -0.25) is 14.4 Å². The Bertz CT molecular complexity index is 1740. The Labute approximate surface area is 261 Å². The topological polar surface area (TPSA) is 150 Å². The van der Waals surface area contributed by atoms with Crippen molar-refractivity contribution in [1.82, 2.24) is 34.7 Å². The second kappa shape index (κ2) is 11.0. The van der Waals surface area contributed by atoms with Crippen LogP contribution in [0.3, 0.4) is 0 Å². The highest BCUT2D eigenvalue weighted by Gasteiger charge is 2.49. The van der Waals surface area contributed by atoms with Crippen LogP contribution in [-0.4, -0.2) is 91.6 Å². The zero-order chi connectivity index (χ0) is 31.6. The van der Waals surface area contributed by atoms with Crippen molar-refractivity contribution in [2.75, 3.05) is 37.0 Å². The lowest BCUT2D eigenvalue weighted by Crippen LogP contribution is -2.67. The second-order valence-corrected chi connectivity index (χ2v) is 13.4. The quantitative estimate of drug-likeness (QED) is 0.405. The third-order valence-electron chi connectivity index (χ3n) is 10.6. The minimum Gasteiger partial charge on any atom is -0.504 e. The Morgan fingerprint density at radius 3 is 2.51 bits per heavy atom. The molecule has 0 bridgehead atoms. The van der Waals surface area contributed by atoms with E-state index in [0.29, 0.717) is 47.8 Å². The van der Waals surface area contributed by atoms with E-state index in [1.54, 1.807) is 22.9 Å². The SMILES string of the molecule is CCc1c(N2CCN(C(=O)c3ncnc(C)c3O)[C@H]3CC[C@@H]32)c(=O)c2nc(N(C)C)cnc2n1CC(=O)NC1CC2(CCC2)C1. The number of anilines is 2. The first-order valence-corrected chi connectivity index (χ1v) is 16.1. The third-order valence-corrected chi connectivity index (χ3v) is 10.6. The van der Waals surface area contributed by atoms with E-state index in [1.165, 1.54) is 25.6 Å². The molecule has 1 aliphatic heterocycles. The van der Waals surface area contributed by atoms with Crippen molar-refractivity contribution in [3.8, 4) is 5.75 Å². The van der Waals surface area contributed by atoms with Gasteiger partial charge in [0.05, 0.1) is 17.9 Å². The number of aromatic hydroxyl groups is 1. The average molecular weight is 616 g/mol. The van der Waals surface area contributed by atoms with Crippen LogP contribution in [0.4, 0.5) is 11.5 Å². The molecule has 0 unspecified atom stereocenters. The number of carbonyl (C=O) groups excluding carboxylic acids is 2. The summed E-state index contributed by atoms with van der Waals surface area (Å²) in [7, 11) is 3.70. The minimum absolute atomic E-state index is 0.00361. The van der Waals surface area contributed by atoms with E-state index in [0.717, 1.165) is 31.4 Å². The molecule has 2 atom stereocenters. The average Bonchev–Trinajstić information content (AvgIpc) is 2.96. The van der Waals surface area contributed by atoms with E-state index in [2.05, 4.69) is 25.2 Å². The zero-order valence-electron chi connectivity index (χ0n) is 26.4. The maximum Gasteiger partial charge on any atom is 0.276 e. The van der Waals surface area contributed by atoms with Crippen LogP contribution in [0.15, 0.2) is 17.3 Å². The predicted octanol–water partition coefficient (Wildman–Crippen LogP) is 2.17. The number of pyridine rings is 1. The van der Waals surface area contributed by atoms with E-state index in [9.17, 15) is 19.5 Å². The molecule has 1 spiro atoms. The molecular weight excluding hydrogens is 574 g/mol. The third kappa shape index (κ3) is 4.78. The number of nitrogens with zero attached hydrogens (tertiary/aromatic N) is 8. The molecule has 0 radical (unpaired) electrons. The molecule has 2 N–H and O–H groups in total. The summed E-state index contributed by atoms with van der Waals surface area (Å²) in [4.78, 5) is 64.5. The number of aryl methyl sites for hydroxylation is 1. The smallest absolute Gasteiger partial charge is 0.276 e. The van der Waals surface area contributed by atoms with Gasteiger partial charge in [0.15, 0.2) is 22.6 Å². The Hall–Kier alpha value is -4.29. The molecule has 0 aromatic carbocycles. The number of amides is 2. The normalized spacial score (nSPS) is 22.0. The lowest BCUT2D eigenvalue weighted by Gasteiger charge is -2.54. The van der Waals surface area contributed by atoms with Crippen LogP contribution in [0.5, 0.6) is 5.75 Å². The van der Waals surface area contributed by atoms with Crippen molar-refractivity contribution < 1.29 is 14.7 Å². The molecule has 13 heteroatoms. The number of hydrogen-bond donors (Lipinski definition) is 2. The molecule has 4 heterocycles. The number of rotatable bonds is 7. The number of carbonyl (C=O) groups is 2. The molecule has 7 rings (SSSR count). The van der Waals surface area contributed by atoms with Crippen molar-refractivity contribution in [3.05, 3.63) is 39.8 Å². The van der Waals surface area contributed by atoms with E-state index in [-0.39, 0.29) is 58.9 Å². The summed E-state index contributed by atoms with van der Waals surface area (Å²) < 4.78 is 1.87. The maximum atomic E-state index is 14.4. The van der Waals surface area contributed by atoms with Crippen molar-refractivity contribution in [3.63, 3.8) is 0 Å². The van der Waals surface area contributed by atoms with Crippen molar-refractivity contribution in [2.24, 2.45) is 5.41 Å². The summed E-state index contributed by atoms with van der Waals surface area (Å²) in [5, 5.41) is 13.7. The molecule has 3 aromatic heterocycles. The molecular formula is C32H41N9O4. The van der Waals surface area contributed by atoms with Crippen LogP contribution in [0.25, 0.3) is 11.2 Å². The molecule has 45 heavy (non-hydrogen) atoms. The van der Waals surface area contributed by atoms with E-state index >= 15 is 0 Å². The molecule has 4 aliphatic rings. The fraction of sp³-hybridized carbons (Fsp3) is 0.594. The van der Waals surface area contributed by atoms with E-state index in [4.69, 9.17) is 4.98 Å². The summed E-state index contributed by atoms with van der Waals surface area (Å²) in [5.41, 5.74) is 2.49. The Kier molecular flexibility index (Phi) is 7.16. The van der Waals surface area contributed by atoms with Gasteiger partial charge in [0.2, 0.25) is 11.3 Å².